The van der Waals surface area contributed by atoms with Crippen LogP contribution >= 0.6 is 0 Å². The monoisotopic (exact) mass is 570 g/mol. The Labute approximate surface area is 249 Å². The summed E-state index contributed by atoms with van der Waals surface area (Å²) >= 11 is 0. The molecule has 6 nitrogen and oxygen atoms in total. The Morgan fingerprint density at radius 1 is 0.756 bits per heavy atom. The highest BCUT2D eigenvalue weighted by atomic mass is 16.6. The van der Waals surface area contributed by atoms with Gasteiger partial charge in [-0.1, -0.05) is 78.9 Å². The second kappa shape index (κ2) is 20.2. The first kappa shape index (κ1) is 34.5. The SMILES string of the molecule is CCCCOC1=C(OCCCC)C(/C=C/C(=O)c2cccc(OCCCC)c2OCCCC)(OCCCC)C=CC1. The highest BCUT2D eigenvalue weighted by Gasteiger charge is 2.38. The van der Waals surface area contributed by atoms with E-state index in [4.69, 9.17) is 23.7 Å². The predicted octanol–water partition coefficient (Wildman–Crippen LogP) is 9.14. The summed E-state index contributed by atoms with van der Waals surface area (Å²) in [5.41, 5.74) is -0.539. The lowest BCUT2D eigenvalue weighted by molar-refractivity contribution is -0.00793. The van der Waals surface area contributed by atoms with Crippen LogP contribution in [0.25, 0.3) is 0 Å². The maximum Gasteiger partial charge on any atom is 0.189 e. The van der Waals surface area contributed by atoms with Crippen molar-refractivity contribution in [3.8, 4) is 11.5 Å². The molecule has 0 saturated heterocycles. The number of hydrogen-bond donors (Lipinski definition) is 0. The summed E-state index contributed by atoms with van der Waals surface area (Å²) in [5, 5.41) is 0. The molecule has 2 rings (SSSR count). The number of allylic oxidation sites excluding steroid dienone is 2. The molecule has 1 aliphatic carbocycles. The van der Waals surface area contributed by atoms with Crippen LogP contribution in [0.4, 0.5) is 0 Å². The first-order chi connectivity index (χ1) is 20.1. The Hall–Kier alpha value is -2.73. The Kier molecular flexibility index (Phi) is 17.0. The number of benzene rings is 1. The number of carbonyl (C=O) groups is 1. The van der Waals surface area contributed by atoms with Gasteiger partial charge in [-0.15, -0.1) is 0 Å². The van der Waals surface area contributed by atoms with Gasteiger partial charge in [0.05, 0.1) is 32.0 Å². The van der Waals surface area contributed by atoms with Crippen molar-refractivity contribution in [1.82, 2.24) is 0 Å². The molecule has 0 saturated carbocycles. The van der Waals surface area contributed by atoms with Gasteiger partial charge in [-0.05, 0) is 62.5 Å². The third-order valence-electron chi connectivity index (χ3n) is 6.86. The zero-order valence-electron chi connectivity index (χ0n) is 26.3. The molecule has 41 heavy (non-hydrogen) atoms. The number of unbranched alkanes of at least 4 members (excludes halogenated alkanes) is 5. The van der Waals surface area contributed by atoms with E-state index in [0.29, 0.717) is 62.3 Å². The molecule has 0 spiro atoms. The number of rotatable bonds is 23. The van der Waals surface area contributed by atoms with Gasteiger partial charge in [0.1, 0.15) is 5.76 Å². The lowest BCUT2D eigenvalue weighted by atomic mass is 9.92. The first-order valence-corrected chi connectivity index (χ1v) is 16.0. The topological polar surface area (TPSA) is 63.2 Å². The minimum Gasteiger partial charge on any atom is -0.494 e. The molecule has 0 aliphatic heterocycles. The van der Waals surface area contributed by atoms with Crippen molar-refractivity contribution >= 4 is 5.78 Å². The van der Waals surface area contributed by atoms with E-state index in [1.807, 2.05) is 24.3 Å². The Morgan fingerprint density at radius 3 is 2.00 bits per heavy atom. The number of carbonyl (C=O) groups excluding carboxylic acids is 1. The van der Waals surface area contributed by atoms with Gasteiger partial charge in [0.15, 0.2) is 28.6 Å². The third kappa shape index (κ3) is 11.2. The molecule has 0 radical (unpaired) electrons. The Bertz CT molecular complexity index is 979. The van der Waals surface area contributed by atoms with Crippen molar-refractivity contribution < 1.29 is 28.5 Å². The third-order valence-corrected chi connectivity index (χ3v) is 6.86. The number of ketones is 1. The number of para-hydroxylation sites is 1. The van der Waals surface area contributed by atoms with Gasteiger partial charge in [0.2, 0.25) is 0 Å². The molecule has 0 fully saturated rings. The second-order valence-corrected chi connectivity index (χ2v) is 10.5. The summed E-state index contributed by atoms with van der Waals surface area (Å²) in [6, 6.07) is 5.52. The maximum atomic E-state index is 13.8. The van der Waals surface area contributed by atoms with Crippen LogP contribution in [0.1, 0.15) is 116 Å². The number of ether oxygens (including phenoxy) is 5. The summed E-state index contributed by atoms with van der Waals surface area (Å²) < 4.78 is 31.3. The van der Waals surface area contributed by atoms with E-state index >= 15 is 0 Å². The highest BCUT2D eigenvalue weighted by molar-refractivity contribution is 6.07. The van der Waals surface area contributed by atoms with E-state index in [9.17, 15) is 4.79 Å². The van der Waals surface area contributed by atoms with Gasteiger partial charge >= 0.3 is 0 Å². The maximum absolute atomic E-state index is 13.8. The van der Waals surface area contributed by atoms with Gasteiger partial charge in [-0.3, -0.25) is 4.79 Å². The summed E-state index contributed by atoms with van der Waals surface area (Å²) in [4.78, 5) is 13.8. The van der Waals surface area contributed by atoms with Gasteiger partial charge in [-0.2, -0.15) is 0 Å². The normalized spacial score (nSPS) is 16.8. The van der Waals surface area contributed by atoms with Crippen LogP contribution in [0.15, 0.2) is 54.0 Å². The minimum absolute atomic E-state index is 0.170. The lowest BCUT2D eigenvalue weighted by Gasteiger charge is -2.34. The van der Waals surface area contributed by atoms with Crippen molar-refractivity contribution in [2.45, 2.75) is 111 Å². The molecule has 0 aromatic heterocycles. The van der Waals surface area contributed by atoms with Crippen LogP contribution < -0.4 is 9.47 Å². The minimum atomic E-state index is -1.02. The van der Waals surface area contributed by atoms with Crippen LogP contribution in [-0.4, -0.2) is 44.4 Å². The van der Waals surface area contributed by atoms with E-state index in [-0.39, 0.29) is 5.78 Å². The van der Waals surface area contributed by atoms with Gasteiger partial charge < -0.3 is 23.7 Å². The van der Waals surface area contributed by atoms with E-state index < -0.39 is 5.60 Å². The highest BCUT2D eigenvalue weighted by Crippen LogP contribution is 2.37. The van der Waals surface area contributed by atoms with Crippen LogP contribution in [0.2, 0.25) is 0 Å². The molecule has 0 amide bonds. The van der Waals surface area contributed by atoms with Crippen LogP contribution in [0.3, 0.4) is 0 Å². The summed E-state index contributed by atoms with van der Waals surface area (Å²) in [7, 11) is 0. The fourth-order valence-corrected chi connectivity index (χ4v) is 4.29. The Balaban J connectivity index is 2.48. The van der Waals surface area contributed by atoms with Gasteiger partial charge in [-0.25, -0.2) is 0 Å². The lowest BCUT2D eigenvalue weighted by Crippen LogP contribution is -2.36. The van der Waals surface area contributed by atoms with E-state index in [1.165, 1.54) is 0 Å². The van der Waals surface area contributed by atoms with Crippen molar-refractivity contribution in [2.24, 2.45) is 0 Å². The largest absolute Gasteiger partial charge is 0.494 e. The molecule has 230 valence electrons. The molecule has 1 aliphatic rings. The molecule has 0 bridgehead atoms. The molecular weight excluding hydrogens is 516 g/mol. The molecule has 0 heterocycles. The molecule has 1 atom stereocenters. The zero-order chi connectivity index (χ0) is 29.8. The van der Waals surface area contributed by atoms with Gasteiger partial charge in [0.25, 0.3) is 0 Å². The fraction of sp³-hybridized carbons (Fsp3) is 0.629. The molecule has 1 aromatic rings. The smallest absolute Gasteiger partial charge is 0.189 e. The molecule has 1 unspecified atom stereocenters. The zero-order valence-corrected chi connectivity index (χ0v) is 26.3. The molecular formula is C35H54O6. The van der Waals surface area contributed by atoms with Gasteiger partial charge in [0, 0.05) is 13.0 Å². The molecule has 0 N–H and O–H groups in total. The molecule has 6 heteroatoms. The van der Waals surface area contributed by atoms with Crippen LogP contribution in [0.5, 0.6) is 11.5 Å². The van der Waals surface area contributed by atoms with Crippen molar-refractivity contribution in [3.63, 3.8) is 0 Å². The van der Waals surface area contributed by atoms with Crippen LogP contribution in [0, 0.1) is 0 Å². The van der Waals surface area contributed by atoms with Crippen molar-refractivity contribution in [2.75, 3.05) is 33.0 Å². The second-order valence-electron chi connectivity index (χ2n) is 10.5. The van der Waals surface area contributed by atoms with Crippen LogP contribution in [-0.2, 0) is 14.2 Å². The van der Waals surface area contributed by atoms with E-state index in [1.54, 1.807) is 12.1 Å². The molecule has 1 aromatic carbocycles. The fourth-order valence-electron chi connectivity index (χ4n) is 4.29. The summed E-state index contributed by atoms with van der Waals surface area (Å²) in [6.45, 7) is 13.5. The standard InChI is InChI=1S/C35H54O6/c1-6-11-24-37-31-19-16-18-29(33(31)39-26-13-8-3)30(36)21-23-35(41-28-15-10-5)22-17-20-32(38-25-12-7-2)34(35)40-27-14-9-4/h16-19,21-23H,6-15,20,24-28H2,1-5H3/b23-21+. The van der Waals surface area contributed by atoms with Crippen molar-refractivity contribution in [3.05, 3.63) is 59.6 Å². The van der Waals surface area contributed by atoms with E-state index in [0.717, 1.165) is 70.0 Å². The first-order valence-electron chi connectivity index (χ1n) is 16.0. The van der Waals surface area contributed by atoms with Crippen molar-refractivity contribution in [1.29, 1.82) is 0 Å². The summed E-state index contributed by atoms with van der Waals surface area (Å²) in [5.74, 6) is 2.37. The summed E-state index contributed by atoms with van der Waals surface area (Å²) in [6.07, 6.45) is 17.8. The average molecular weight is 571 g/mol. The van der Waals surface area contributed by atoms with E-state index in [2.05, 4.69) is 40.7 Å². The number of hydrogen-bond acceptors (Lipinski definition) is 6. The Morgan fingerprint density at radius 2 is 1.34 bits per heavy atom. The predicted molar refractivity (Wildman–Crippen MR) is 167 cm³/mol. The average Bonchev–Trinajstić information content (AvgIpc) is 2.98. The quantitative estimate of drug-likeness (QED) is 0.0566.